The summed E-state index contributed by atoms with van der Waals surface area (Å²) in [5.74, 6) is -1.08. The molecule has 0 spiro atoms. The molecule has 0 aromatic heterocycles. The van der Waals surface area contributed by atoms with Gasteiger partial charge < -0.3 is 15.4 Å². The average molecular weight is 306 g/mol. The SMILES string of the molecule is CC(C)[C@H](C)NC(=O)COC(=O)CNC(=O)c1ccccc1. The Morgan fingerprint density at radius 2 is 1.73 bits per heavy atom. The summed E-state index contributed by atoms with van der Waals surface area (Å²) in [4.78, 5) is 34.7. The lowest BCUT2D eigenvalue weighted by Crippen LogP contribution is -2.39. The number of hydrogen-bond donors (Lipinski definition) is 2. The molecule has 1 aromatic carbocycles. The van der Waals surface area contributed by atoms with E-state index in [1.165, 1.54) is 0 Å². The number of esters is 1. The molecule has 0 saturated heterocycles. The van der Waals surface area contributed by atoms with E-state index >= 15 is 0 Å². The van der Waals surface area contributed by atoms with Gasteiger partial charge in [-0.3, -0.25) is 14.4 Å². The fourth-order valence-corrected chi connectivity index (χ4v) is 1.50. The number of carbonyl (C=O) groups is 3. The molecule has 0 aliphatic rings. The van der Waals surface area contributed by atoms with E-state index in [-0.39, 0.29) is 31.0 Å². The topological polar surface area (TPSA) is 84.5 Å². The van der Waals surface area contributed by atoms with E-state index in [4.69, 9.17) is 4.74 Å². The highest BCUT2D eigenvalue weighted by Crippen LogP contribution is 1.99. The minimum Gasteiger partial charge on any atom is -0.454 e. The Kier molecular flexibility index (Phi) is 7.08. The van der Waals surface area contributed by atoms with Crippen molar-refractivity contribution >= 4 is 17.8 Å². The third-order valence-electron chi connectivity index (χ3n) is 3.18. The smallest absolute Gasteiger partial charge is 0.325 e. The van der Waals surface area contributed by atoms with Crippen molar-refractivity contribution in [3.63, 3.8) is 0 Å². The molecular weight excluding hydrogens is 284 g/mol. The first-order chi connectivity index (χ1) is 10.4. The lowest BCUT2D eigenvalue weighted by molar-refractivity contribution is -0.147. The summed E-state index contributed by atoms with van der Waals surface area (Å²) in [6.45, 7) is 5.22. The summed E-state index contributed by atoms with van der Waals surface area (Å²) < 4.78 is 4.81. The first kappa shape index (κ1) is 17.7. The van der Waals surface area contributed by atoms with E-state index in [1.807, 2.05) is 20.8 Å². The van der Waals surface area contributed by atoms with Crippen LogP contribution in [-0.4, -0.2) is 37.0 Å². The molecule has 1 aromatic rings. The Hall–Kier alpha value is -2.37. The van der Waals surface area contributed by atoms with Gasteiger partial charge in [0, 0.05) is 11.6 Å². The van der Waals surface area contributed by atoms with Crippen LogP contribution in [-0.2, 0) is 14.3 Å². The number of rotatable bonds is 7. The fourth-order valence-electron chi connectivity index (χ4n) is 1.50. The Bertz CT molecular complexity index is 514. The molecule has 6 nitrogen and oxygen atoms in total. The number of nitrogens with one attached hydrogen (secondary N) is 2. The molecule has 2 N–H and O–H groups in total. The zero-order chi connectivity index (χ0) is 16.5. The maximum absolute atomic E-state index is 11.7. The molecule has 0 aliphatic carbocycles. The minimum absolute atomic E-state index is 0.00369. The summed E-state index contributed by atoms with van der Waals surface area (Å²) in [5.41, 5.74) is 0.457. The largest absolute Gasteiger partial charge is 0.454 e. The molecular formula is C16H22N2O4. The van der Waals surface area contributed by atoms with Crippen LogP contribution in [0.15, 0.2) is 30.3 Å². The van der Waals surface area contributed by atoms with Crippen LogP contribution in [0.2, 0.25) is 0 Å². The van der Waals surface area contributed by atoms with Gasteiger partial charge in [0.15, 0.2) is 6.61 Å². The molecule has 1 atom stereocenters. The molecule has 0 heterocycles. The monoisotopic (exact) mass is 306 g/mol. The predicted octanol–water partition coefficient (Wildman–Crippen LogP) is 1.12. The summed E-state index contributed by atoms with van der Waals surface area (Å²) in [7, 11) is 0. The van der Waals surface area contributed by atoms with Crippen LogP contribution < -0.4 is 10.6 Å². The highest BCUT2D eigenvalue weighted by molar-refractivity contribution is 5.96. The van der Waals surface area contributed by atoms with Gasteiger partial charge in [-0.05, 0) is 25.0 Å². The van der Waals surface area contributed by atoms with E-state index in [9.17, 15) is 14.4 Å². The Balaban J connectivity index is 2.26. The van der Waals surface area contributed by atoms with E-state index < -0.39 is 5.97 Å². The molecule has 0 bridgehead atoms. The van der Waals surface area contributed by atoms with E-state index in [0.717, 1.165) is 0 Å². The first-order valence-electron chi connectivity index (χ1n) is 7.18. The molecule has 1 rings (SSSR count). The predicted molar refractivity (Wildman–Crippen MR) is 82.2 cm³/mol. The van der Waals surface area contributed by atoms with Crippen molar-refractivity contribution in [1.29, 1.82) is 0 Å². The van der Waals surface area contributed by atoms with Gasteiger partial charge in [-0.2, -0.15) is 0 Å². The summed E-state index contributed by atoms with van der Waals surface area (Å²) in [6.07, 6.45) is 0. The molecule has 0 aliphatic heterocycles. The van der Waals surface area contributed by atoms with E-state index in [1.54, 1.807) is 30.3 Å². The van der Waals surface area contributed by atoms with Crippen LogP contribution in [0, 0.1) is 5.92 Å². The number of carbonyl (C=O) groups excluding carboxylic acids is 3. The van der Waals surface area contributed by atoms with Gasteiger partial charge in [0.2, 0.25) is 0 Å². The molecule has 0 radical (unpaired) electrons. The van der Waals surface area contributed by atoms with Crippen LogP contribution >= 0.6 is 0 Å². The molecule has 120 valence electrons. The quantitative estimate of drug-likeness (QED) is 0.739. The second kappa shape index (κ2) is 8.81. The van der Waals surface area contributed by atoms with Gasteiger partial charge >= 0.3 is 5.97 Å². The zero-order valence-electron chi connectivity index (χ0n) is 13.1. The van der Waals surface area contributed by atoms with Crippen molar-refractivity contribution in [3.8, 4) is 0 Å². The standard InChI is InChI=1S/C16H22N2O4/c1-11(2)12(3)18-14(19)10-22-15(20)9-17-16(21)13-7-5-4-6-8-13/h4-8,11-12H,9-10H2,1-3H3,(H,17,21)(H,18,19)/t12-/m0/s1. The zero-order valence-corrected chi connectivity index (χ0v) is 13.1. The minimum atomic E-state index is -0.656. The van der Waals surface area contributed by atoms with Gasteiger partial charge in [0.1, 0.15) is 6.54 Å². The molecule has 2 amide bonds. The normalized spacial score (nSPS) is 11.6. The average Bonchev–Trinajstić information content (AvgIpc) is 2.51. The Labute approximate surface area is 130 Å². The third kappa shape index (κ3) is 6.39. The molecule has 6 heteroatoms. The first-order valence-corrected chi connectivity index (χ1v) is 7.18. The van der Waals surface area contributed by atoms with Crippen LogP contribution in [0.1, 0.15) is 31.1 Å². The van der Waals surface area contributed by atoms with Crippen molar-refractivity contribution in [2.24, 2.45) is 5.92 Å². The second-order valence-corrected chi connectivity index (χ2v) is 5.31. The highest BCUT2D eigenvalue weighted by Gasteiger charge is 2.13. The van der Waals surface area contributed by atoms with Crippen LogP contribution in [0.25, 0.3) is 0 Å². The second-order valence-electron chi connectivity index (χ2n) is 5.31. The fraction of sp³-hybridized carbons (Fsp3) is 0.438. The molecule has 0 unspecified atom stereocenters. The van der Waals surface area contributed by atoms with Crippen molar-refractivity contribution in [3.05, 3.63) is 35.9 Å². The van der Waals surface area contributed by atoms with Crippen molar-refractivity contribution < 1.29 is 19.1 Å². The van der Waals surface area contributed by atoms with Crippen molar-refractivity contribution in [2.75, 3.05) is 13.2 Å². The highest BCUT2D eigenvalue weighted by atomic mass is 16.5. The number of benzene rings is 1. The molecule has 22 heavy (non-hydrogen) atoms. The lowest BCUT2D eigenvalue weighted by Gasteiger charge is -2.17. The summed E-state index contributed by atoms with van der Waals surface area (Å²) in [6, 6.07) is 8.54. The summed E-state index contributed by atoms with van der Waals surface area (Å²) >= 11 is 0. The summed E-state index contributed by atoms with van der Waals surface area (Å²) in [5, 5.41) is 5.16. The van der Waals surface area contributed by atoms with Crippen LogP contribution in [0.5, 0.6) is 0 Å². The van der Waals surface area contributed by atoms with Crippen molar-refractivity contribution in [1.82, 2.24) is 10.6 Å². The van der Waals surface area contributed by atoms with Gasteiger partial charge in [-0.15, -0.1) is 0 Å². The Morgan fingerprint density at radius 3 is 2.32 bits per heavy atom. The lowest BCUT2D eigenvalue weighted by atomic mass is 10.1. The number of amides is 2. The van der Waals surface area contributed by atoms with Gasteiger partial charge in [0.25, 0.3) is 11.8 Å². The van der Waals surface area contributed by atoms with Crippen LogP contribution in [0.3, 0.4) is 0 Å². The van der Waals surface area contributed by atoms with E-state index in [0.29, 0.717) is 11.5 Å². The maximum Gasteiger partial charge on any atom is 0.325 e. The number of hydrogen-bond acceptors (Lipinski definition) is 4. The maximum atomic E-state index is 11.7. The van der Waals surface area contributed by atoms with Gasteiger partial charge in [-0.1, -0.05) is 32.0 Å². The van der Waals surface area contributed by atoms with Gasteiger partial charge in [0.05, 0.1) is 0 Å². The Morgan fingerprint density at radius 1 is 1.09 bits per heavy atom. The van der Waals surface area contributed by atoms with Crippen molar-refractivity contribution in [2.45, 2.75) is 26.8 Å². The number of ether oxygens (including phenoxy) is 1. The van der Waals surface area contributed by atoms with Crippen LogP contribution in [0.4, 0.5) is 0 Å². The van der Waals surface area contributed by atoms with E-state index in [2.05, 4.69) is 10.6 Å². The molecule has 0 saturated carbocycles. The van der Waals surface area contributed by atoms with Gasteiger partial charge in [-0.25, -0.2) is 0 Å². The third-order valence-corrected chi connectivity index (χ3v) is 3.18. The molecule has 0 fully saturated rings.